The predicted octanol–water partition coefficient (Wildman–Crippen LogP) is 3.42. The van der Waals surface area contributed by atoms with Gasteiger partial charge in [-0.25, -0.2) is 4.79 Å². The number of amides is 1. The van der Waals surface area contributed by atoms with Crippen molar-refractivity contribution in [2.75, 3.05) is 6.61 Å². The van der Waals surface area contributed by atoms with Gasteiger partial charge in [-0.05, 0) is 62.9 Å². The first-order valence-corrected chi connectivity index (χ1v) is 14.0. The SMILES string of the molecule is CC1(C)OB(c2ccc3c(c2)C(=O)N(C(CO[Si](C)(C)C(C)(C)C)C(=O)O)C3)OC1(C)C. The fourth-order valence-corrected chi connectivity index (χ4v) is 4.52. The van der Waals surface area contributed by atoms with Gasteiger partial charge in [0.15, 0.2) is 14.4 Å². The molecule has 9 heteroatoms. The van der Waals surface area contributed by atoms with E-state index in [-0.39, 0.29) is 24.1 Å². The van der Waals surface area contributed by atoms with Crippen LogP contribution < -0.4 is 5.46 Å². The first-order chi connectivity index (χ1) is 14.5. The Labute approximate surface area is 192 Å². The zero-order chi connectivity index (χ0) is 24.3. The largest absolute Gasteiger partial charge is 0.494 e. The molecule has 1 aromatic carbocycles. The topological polar surface area (TPSA) is 85.3 Å². The summed E-state index contributed by atoms with van der Waals surface area (Å²) in [7, 11) is -2.73. The predicted molar refractivity (Wildman–Crippen MR) is 127 cm³/mol. The van der Waals surface area contributed by atoms with Crippen LogP contribution in [0, 0.1) is 0 Å². The van der Waals surface area contributed by atoms with Gasteiger partial charge in [0.2, 0.25) is 0 Å². The van der Waals surface area contributed by atoms with E-state index in [1.807, 2.05) is 39.8 Å². The smallest absolute Gasteiger partial charge is 0.480 e. The third-order valence-corrected chi connectivity index (χ3v) is 12.1. The Morgan fingerprint density at radius 3 is 2.28 bits per heavy atom. The van der Waals surface area contributed by atoms with Gasteiger partial charge in [0.05, 0.1) is 17.8 Å². The van der Waals surface area contributed by atoms with E-state index in [9.17, 15) is 14.7 Å². The summed E-state index contributed by atoms with van der Waals surface area (Å²) in [6.45, 7) is 18.6. The number of benzene rings is 1. The quantitative estimate of drug-likeness (QED) is 0.654. The zero-order valence-electron chi connectivity index (χ0n) is 20.7. The maximum Gasteiger partial charge on any atom is 0.494 e. The van der Waals surface area contributed by atoms with Gasteiger partial charge in [0.25, 0.3) is 5.91 Å². The molecule has 1 N–H and O–H groups in total. The van der Waals surface area contributed by atoms with Gasteiger partial charge >= 0.3 is 13.1 Å². The standard InChI is InChI=1S/C23H36BNO6Si/c1-21(2,3)32(8,9)29-14-18(20(27)28)25-13-15-10-11-16(12-17(15)19(25)26)24-30-22(4,5)23(6,7)31-24/h10-12,18H,13-14H2,1-9H3,(H,27,28). The zero-order valence-corrected chi connectivity index (χ0v) is 21.7. The minimum absolute atomic E-state index is 0.0182. The molecule has 0 saturated carbocycles. The van der Waals surface area contributed by atoms with Crippen LogP contribution in [0.1, 0.15) is 64.4 Å². The van der Waals surface area contributed by atoms with Crippen LogP contribution in [-0.4, -0.2) is 61.2 Å². The van der Waals surface area contributed by atoms with E-state index in [1.165, 1.54) is 4.90 Å². The third kappa shape index (κ3) is 4.40. The number of aliphatic carboxylic acids is 1. The molecule has 0 radical (unpaired) electrons. The lowest BCUT2D eigenvalue weighted by molar-refractivity contribution is -0.143. The first kappa shape index (κ1) is 25.0. The third-order valence-electron chi connectivity index (χ3n) is 7.56. The summed E-state index contributed by atoms with van der Waals surface area (Å²) in [5, 5.41) is 9.82. The Morgan fingerprint density at radius 2 is 1.78 bits per heavy atom. The molecule has 7 nitrogen and oxygen atoms in total. The fraction of sp³-hybridized carbons (Fsp3) is 0.652. The Hall–Kier alpha value is -1.68. The molecular weight excluding hydrogens is 425 g/mol. The summed E-state index contributed by atoms with van der Waals surface area (Å²) in [5.74, 6) is -1.36. The van der Waals surface area contributed by atoms with Crippen LogP contribution in [0.5, 0.6) is 0 Å². The number of nitrogens with zero attached hydrogens (tertiary/aromatic N) is 1. The lowest BCUT2D eigenvalue weighted by atomic mass is 9.78. The molecule has 1 amide bonds. The van der Waals surface area contributed by atoms with Gasteiger partial charge in [-0.15, -0.1) is 0 Å². The highest BCUT2D eigenvalue weighted by atomic mass is 28.4. The van der Waals surface area contributed by atoms with Crippen LogP contribution >= 0.6 is 0 Å². The number of rotatable bonds is 6. The summed E-state index contributed by atoms with van der Waals surface area (Å²) in [4.78, 5) is 26.7. The van der Waals surface area contributed by atoms with E-state index < -0.39 is 38.6 Å². The van der Waals surface area contributed by atoms with E-state index in [2.05, 4.69) is 33.9 Å². The molecule has 2 aliphatic rings. The molecule has 0 aromatic heterocycles. The Kier molecular flexibility index (Phi) is 6.22. The lowest BCUT2D eigenvalue weighted by Gasteiger charge is -2.37. The Morgan fingerprint density at radius 1 is 1.22 bits per heavy atom. The highest BCUT2D eigenvalue weighted by Crippen LogP contribution is 2.38. The second-order valence-electron chi connectivity index (χ2n) is 11.4. The number of carbonyl (C=O) groups excluding carboxylic acids is 1. The molecule has 32 heavy (non-hydrogen) atoms. The maximum absolute atomic E-state index is 13.2. The summed E-state index contributed by atoms with van der Waals surface area (Å²) in [6.07, 6.45) is 0. The average Bonchev–Trinajstić information content (AvgIpc) is 3.06. The molecule has 3 rings (SSSR count). The van der Waals surface area contributed by atoms with Crippen molar-refractivity contribution in [3.63, 3.8) is 0 Å². The lowest BCUT2D eigenvalue weighted by Crippen LogP contribution is -2.49. The van der Waals surface area contributed by atoms with Gasteiger partial charge in [0.1, 0.15) is 0 Å². The van der Waals surface area contributed by atoms with E-state index in [0.717, 1.165) is 11.0 Å². The molecular formula is C23H36BNO6Si. The van der Waals surface area contributed by atoms with Crippen molar-refractivity contribution in [2.24, 2.45) is 0 Å². The number of carboxylic acids is 1. The van der Waals surface area contributed by atoms with E-state index in [1.54, 1.807) is 6.07 Å². The molecule has 1 saturated heterocycles. The van der Waals surface area contributed by atoms with Crippen molar-refractivity contribution in [2.45, 2.75) is 90.4 Å². The van der Waals surface area contributed by atoms with Crippen molar-refractivity contribution < 1.29 is 28.4 Å². The normalized spacial score (nSPS) is 21.1. The van der Waals surface area contributed by atoms with Crippen LogP contribution in [0.25, 0.3) is 0 Å². The highest BCUT2D eigenvalue weighted by molar-refractivity contribution is 6.74. The van der Waals surface area contributed by atoms with E-state index >= 15 is 0 Å². The summed E-state index contributed by atoms with van der Waals surface area (Å²) in [6, 6.07) is 4.48. The maximum atomic E-state index is 13.2. The number of carbonyl (C=O) groups is 2. The molecule has 2 aliphatic heterocycles. The number of carboxylic acid groups (broad SMARTS) is 1. The monoisotopic (exact) mass is 461 g/mol. The number of hydrogen-bond acceptors (Lipinski definition) is 5. The van der Waals surface area contributed by atoms with Gasteiger partial charge < -0.3 is 23.7 Å². The summed E-state index contributed by atoms with van der Waals surface area (Å²) in [5.41, 5.74) is 1.08. The molecule has 0 bridgehead atoms. The van der Waals surface area contributed by atoms with E-state index in [0.29, 0.717) is 5.56 Å². The molecule has 1 fully saturated rings. The van der Waals surface area contributed by atoms with Crippen molar-refractivity contribution >= 4 is 32.8 Å². The second-order valence-corrected chi connectivity index (χ2v) is 16.2. The molecule has 0 aliphatic carbocycles. The summed E-state index contributed by atoms with van der Waals surface area (Å²) >= 11 is 0. The molecule has 2 heterocycles. The van der Waals surface area contributed by atoms with Crippen LogP contribution in [0.2, 0.25) is 18.1 Å². The Balaban J connectivity index is 1.80. The van der Waals surface area contributed by atoms with Crippen LogP contribution in [-0.2, 0) is 25.1 Å². The van der Waals surface area contributed by atoms with Gasteiger partial charge in [-0.3, -0.25) is 4.79 Å². The van der Waals surface area contributed by atoms with Gasteiger partial charge in [-0.1, -0.05) is 32.9 Å². The first-order valence-electron chi connectivity index (χ1n) is 11.1. The average molecular weight is 461 g/mol. The van der Waals surface area contributed by atoms with E-state index in [4.69, 9.17) is 13.7 Å². The van der Waals surface area contributed by atoms with Crippen molar-refractivity contribution in [1.82, 2.24) is 4.90 Å². The molecule has 176 valence electrons. The molecule has 1 aromatic rings. The minimum Gasteiger partial charge on any atom is -0.480 e. The molecule has 1 atom stereocenters. The van der Waals surface area contributed by atoms with Crippen molar-refractivity contribution in [3.8, 4) is 0 Å². The summed E-state index contributed by atoms with van der Waals surface area (Å²) < 4.78 is 18.4. The second kappa shape index (κ2) is 7.97. The minimum atomic E-state index is -2.15. The number of fused-ring (bicyclic) bond motifs is 1. The molecule has 1 unspecified atom stereocenters. The van der Waals surface area contributed by atoms with Crippen molar-refractivity contribution in [3.05, 3.63) is 29.3 Å². The molecule has 0 spiro atoms. The Bertz CT molecular complexity index is 908. The van der Waals surface area contributed by atoms with Crippen LogP contribution in [0.3, 0.4) is 0 Å². The fourth-order valence-electron chi connectivity index (χ4n) is 3.52. The van der Waals surface area contributed by atoms with Crippen LogP contribution in [0.4, 0.5) is 0 Å². The number of hydrogen-bond donors (Lipinski definition) is 1. The highest BCUT2D eigenvalue weighted by Gasteiger charge is 2.52. The van der Waals surface area contributed by atoms with Crippen LogP contribution in [0.15, 0.2) is 18.2 Å². The van der Waals surface area contributed by atoms with Crippen molar-refractivity contribution in [1.29, 1.82) is 0 Å². The van der Waals surface area contributed by atoms with Gasteiger partial charge in [0, 0.05) is 12.1 Å². The van der Waals surface area contributed by atoms with Gasteiger partial charge in [-0.2, -0.15) is 0 Å².